The van der Waals surface area contributed by atoms with Gasteiger partial charge in [0, 0.05) is 24.1 Å². The minimum absolute atomic E-state index is 0.0334. The Balaban J connectivity index is 2.16. The molecule has 2 aromatic rings. The number of carbonyl (C=O) groups is 2. The molecule has 0 radical (unpaired) electrons. The predicted octanol–water partition coefficient (Wildman–Crippen LogP) is 1.16. The number of hydrogen-bond acceptors (Lipinski definition) is 5. The third-order valence-corrected chi connectivity index (χ3v) is 5.78. The summed E-state index contributed by atoms with van der Waals surface area (Å²) in [6.07, 6.45) is 0.706. The summed E-state index contributed by atoms with van der Waals surface area (Å²) in [5.74, 6) is -0.630. The summed E-state index contributed by atoms with van der Waals surface area (Å²) in [6.45, 7) is 5.34. The van der Waals surface area contributed by atoms with Gasteiger partial charge in [0.25, 0.3) is 5.91 Å². The topological polar surface area (TPSA) is 83.3 Å². The van der Waals surface area contributed by atoms with Gasteiger partial charge in [-0.3, -0.25) is 9.59 Å². The fraction of sp³-hybridized carbons (Fsp3) is 0.385. The van der Waals surface area contributed by atoms with Gasteiger partial charge in [-0.2, -0.15) is 0 Å². The fourth-order valence-electron chi connectivity index (χ4n) is 4.20. The van der Waals surface area contributed by atoms with Crippen LogP contribution in [0.25, 0.3) is 5.76 Å². The number of nitrogens with zero attached hydrogens (tertiary/aromatic N) is 1. The number of carbonyl (C=O) groups excluding carboxylic acids is 2. The molecule has 7 nitrogen and oxygen atoms in total. The van der Waals surface area contributed by atoms with Crippen LogP contribution in [0.1, 0.15) is 36.1 Å². The number of methoxy groups -OCH3 is 1. The van der Waals surface area contributed by atoms with E-state index in [0.717, 1.165) is 12.1 Å². The Kier molecular flexibility index (Phi) is 7.76. The summed E-state index contributed by atoms with van der Waals surface area (Å²) >= 11 is 0. The molecule has 1 fully saturated rings. The number of ether oxygens (including phenoxy) is 2. The van der Waals surface area contributed by atoms with Gasteiger partial charge >= 0.3 is 0 Å². The van der Waals surface area contributed by atoms with Crippen LogP contribution in [-0.4, -0.2) is 57.5 Å². The van der Waals surface area contributed by atoms with Crippen molar-refractivity contribution in [1.82, 2.24) is 4.90 Å². The number of ketones is 1. The van der Waals surface area contributed by atoms with E-state index in [1.165, 1.54) is 9.80 Å². The van der Waals surface area contributed by atoms with Crippen molar-refractivity contribution in [1.29, 1.82) is 0 Å². The molecule has 0 aromatic heterocycles. The highest BCUT2D eigenvalue weighted by atomic mass is 16.5. The number of nitrogens with one attached hydrogen (secondary N) is 1. The first-order valence-corrected chi connectivity index (χ1v) is 11.2. The number of benzene rings is 2. The molecule has 1 saturated heterocycles. The second-order valence-electron chi connectivity index (χ2n) is 8.44. The fourth-order valence-corrected chi connectivity index (χ4v) is 4.20. The Morgan fingerprint density at radius 2 is 1.85 bits per heavy atom. The van der Waals surface area contributed by atoms with E-state index in [0.29, 0.717) is 42.2 Å². The summed E-state index contributed by atoms with van der Waals surface area (Å²) in [5, 5.41) is 13.6. The molecule has 1 N–H and O–H groups in total. The van der Waals surface area contributed by atoms with Gasteiger partial charge in [-0.1, -0.05) is 30.0 Å². The smallest absolute Gasteiger partial charge is 0.295 e. The Hall–Kier alpha value is -3.32. The molecule has 1 atom stereocenters. The quantitative estimate of drug-likeness (QED) is 0.351. The molecule has 1 aliphatic heterocycles. The molecule has 1 heterocycles. The van der Waals surface area contributed by atoms with Crippen molar-refractivity contribution >= 4 is 17.4 Å². The second-order valence-corrected chi connectivity index (χ2v) is 8.44. The number of amides is 1. The lowest BCUT2D eigenvalue weighted by atomic mass is 9.94. The number of aryl methyl sites for hydroxylation is 1. The van der Waals surface area contributed by atoms with Crippen LogP contribution < -0.4 is 19.5 Å². The lowest BCUT2D eigenvalue weighted by Crippen LogP contribution is -3.05. The lowest BCUT2D eigenvalue weighted by molar-refractivity contribution is -0.858. The van der Waals surface area contributed by atoms with Gasteiger partial charge in [-0.05, 0) is 43.2 Å². The first-order chi connectivity index (χ1) is 15.8. The average molecular weight is 453 g/mol. The molecule has 0 bridgehead atoms. The molecule has 1 aliphatic rings. The van der Waals surface area contributed by atoms with Crippen molar-refractivity contribution in [3.05, 3.63) is 64.7 Å². The summed E-state index contributed by atoms with van der Waals surface area (Å²) in [5.41, 5.74) is 1.74. The zero-order chi connectivity index (χ0) is 24.1. The van der Waals surface area contributed by atoms with Gasteiger partial charge < -0.3 is 24.4 Å². The number of quaternary nitrogens is 1. The van der Waals surface area contributed by atoms with Gasteiger partial charge in [0.1, 0.15) is 11.5 Å². The van der Waals surface area contributed by atoms with Crippen LogP contribution >= 0.6 is 0 Å². The Bertz CT molecular complexity index is 1060. The van der Waals surface area contributed by atoms with Crippen LogP contribution in [0.2, 0.25) is 0 Å². The zero-order valence-electron chi connectivity index (χ0n) is 19.9. The number of para-hydroxylation sites is 1. The molecule has 1 unspecified atom stereocenters. The molecular formula is C26H32N2O5. The van der Waals surface area contributed by atoms with Crippen LogP contribution in [0.15, 0.2) is 48.0 Å². The van der Waals surface area contributed by atoms with Crippen molar-refractivity contribution in [2.75, 3.05) is 40.9 Å². The summed E-state index contributed by atoms with van der Waals surface area (Å²) in [6, 6.07) is 11.5. The number of hydrogen-bond donors (Lipinski definition) is 1. The van der Waals surface area contributed by atoms with Crippen LogP contribution in [0, 0.1) is 6.92 Å². The third-order valence-electron chi connectivity index (χ3n) is 5.78. The average Bonchev–Trinajstić information content (AvgIpc) is 3.04. The molecular weight excluding hydrogens is 420 g/mol. The van der Waals surface area contributed by atoms with Gasteiger partial charge in [0.2, 0.25) is 5.78 Å². The van der Waals surface area contributed by atoms with E-state index in [2.05, 4.69) is 0 Å². The van der Waals surface area contributed by atoms with Crippen LogP contribution in [0.4, 0.5) is 0 Å². The van der Waals surface area contributed by atoms with E-state index in [1.54, 1.807) is 31.4 Å². The van der Waals surface area contributed by atoms with Crippen LogP contribution in [0.5, 0.6) is 11.5 Å². The lowest BCUT2D eigenvalue weighted by Gasteiger charge is -2.29. The molecule has 33 heavy (non-hydrogen) atoms. The molecule has 176 valence electrons. The number of likely N-dealkylation sites (tertiary alicyclic amines) is 1. The van der Waals surface area contributed by atoms with Crippen molar-refractivity contribution in [3.63, 3.8) is 0 Å². The van der Waals surface area contributed by atoms with E-state index in [4.69, 9.17) is 9.47 Å². The molecule has 3 rings (SSSR count). The second kappa shape index (κ2) is 10.5. The number of rotatable bonds is 9. The van der Waals surface area contributed by atoms with E-state index >= 15 is 0 Å². The van der Waals surface area contributed by atoms with E-state index in [-0.39, 0.29) is 5.57 Å². The van der Waals surface area contributed by atoms with Crippen molar-refractivity contribution in [2.24, 2.45) is 0 Å². The van der Waals surface area contributed by atoms with Crippen molar-refractivity contribution in [3.8, 4) is 11.5 Å². The van der Waals surface area contributed by atoms with Gasteiger partial charge in [-0.25, -0.2) is 0 Å². The maximum atomic E-state index is 13.6. The van der Waals surface area contributed by atoms with Crippen molar-refractivity contribution in [2.45, 2.75) is 26.3 Å². The van der Waals surface area contributed by atoms with Gasteiger partial charge in [0.05, 0.1) is 40.4 Å². The Labute approximate surface area is 195 Å². The molecule has 7 heteroatoms. The Morgan fingerprint density at radius 3 is 2.48 bits per heavy atom. The summed E-state index contributed by atoms with van der Waals surface area (Å²) < 4.78 is 11.1. The number of Topliss-reactive ketones (excluding diaryl/α,β-unsaturated/α-hetero) is 1. The van der Waals surface area contributed by atoms with Crippen molar-refractivity contribution < 1.29 is 29.1 Å². The summed E-state index contributed by atoms with van der Waals surface area (Å²) in [4.78, 5) is 29.0. The monoisotopic (exact) mass is 452 g/mol. The SMILES string of the molecule is CCOc1ccccc1C1/C(=C(\[O-])c2ccc(OC)c(C)c2)C(=O)C(=O)N1CCC[NH+](C)C. The summed E-state index contributed by atoms with van der Waals surface area (Å²) in [7, 11) is 5.63. The highest BCUT2D eigenvalue weighted by Crippen LogP contribution is 2.42. The maximum Gasteiger partial charge on any atom is 0.295 e. The van der Waals surface area contributed by atoms with Crippen LogP contribution in [-0.2, 0) is 9.59 Å². The standard InChI is InChI=1S/C26H32N2O5/c1-6-33-21-11-8-7-10-19(21)23-22(24(29)18-12-13-20(32-5)17(2)16-18)25(30)26(31)28(23)15-9-14-27(3)4/h7-8,10-13,16,23,29H,6,9,14-15H2,1-5H3/b24-22+. The van der Waals surface area contributed by atoms with E-state index < -0.39 is 23.5 Å². The minimum atomic E-state index is -0.792. The first kappa shape index (κ1) is 24.3. The predicted molar refractivity (Wildman–Crippen MR) is 124 cm³/mol. The minimum Gasteiger partial charge on any atom is -0.872 e. The molecule has 2 aromatic carbocycles. The largest absolute Gasteiger partial charge is 0.872 e. The highest BCUT2D eigenvalue weighted by Gasteiger charge is 2.45. The zero-order valence-corrected chi connectivity index (χ0v) is 19.9. The van der Waals surface area contributed by atoms with Crippen LogP contribution in [0.3, 0.4) is 0 Å². The molecule has 1 amide bonds. The molecule has 0 spiro atoms. The maximum absolute atomic E-state index is 13.6. The van der Waals surface area contributed by atoms with E-state index in [9.17, 15) is 14.7 Å². The molecule has 0 aliphatic carbocycles. The van der Waals surface area contributed by atoms with E-state index in [1.807, 2.05) is 46.1 Å². The Morgan fingerprint density at radius 1 is 1.12 bits per heavy atom. The first-order valence-electron chi connectivity index (χ1n) is 11.2. The molecule has 0 saturated carbocycles. The third kappa shape index (κ3) is 5.03. The highest BCUT2D eigenvalue weighted by molar-refractivity contribution is 6.46. The normalized spacial score (nSPS) is 17.6. The van der Waals surface area contributed by atoms with Gasteiger partial charge in [-0.15, -0.1) is 0 Å². The van der Waals surface area contributed by atoms with Gasteiger partial charge in [0.15, 0.2) is 0 Å².